The van der Waals surface area contributed by atoms with Gasteiger partial charge in [-0.3, -0.25) is 20.6 Å². The maximum atomic E-state index is 6.41. The zero-order valence-corrected chi connectivity index (χ0v) is 18.3. The van der Waals surface area contributed by atoms with Gasteiger partial charge >= 0.3 is 0 Å². The van der Waals surface area contributed by atoms with E-state index in [4.69, 9.17) is 4.42 Å². The second-order valence-electron chi connectivity index (χ2n) is 8.33. The largest absolute Gasteiger partial charge is 0.456 e. The first-order chi connectivity index (χ1) is 15.2. The van der Waals surface area contributed by atoms with Gasteiger partial charge in [-0.25, -0.2) is 0 Å². The number of amidine groups is 2. The molecule has 0 atom stereocenters. The van der Waals surface area contributed by atoms with E-state index < -0.39 is 0 Å². The van der Waals surface area contributed by atoms with Crippen molar-refractivity contribution in [3.63, 3.8) is 0 Å². The molecule has 5 nitrogen and oxygen atoms in total. The molecule has 31 heavy (non-hydrogen) atoms. The topological polar surface area (TPSA) is 65.1 Å². The van der Waals surface area contributed by atoms with Crippen molar-refractivity contribution in [1.29, 1.82) is 0 Å². The van der Waals surface area contributed by atoms with Crippen LogP contribution in [-0.4, -0.2) is 37.9 Å². The Bertz CT molecular complexity index is 1050. The van der Waals surface area contributed by atoms with Gasteiger partial charge in [0.1, 0.15) is 11.5 Å². The highest BCUT2D eigenvalue weighted by Gasteiger charge is 2.19. The van der Waals surface area contributed by atoms with Gasteiger partial charge in [-0.15, -0.1) is 0 Å². The molecule has 0 saturated carbocycles. The first-order valence-corrected chi connectivity index (χ1v) is 11.2. The molecule has 3 aromatic rings. The van der Waals surface area contributed by atoms with Crippen LogP contribution in [0.25, 0.3) is 22.6 Å². The van der Waals surface area contributed by atoms with E-state index in [0.29, 0.717) is 0 Å². The monoisotopic (exact) mass is 414 g/mol. The molecule has 0 saturated heterocycles. The molecule has 1 aromatic heterocycles. The fourth-order valence-corrected chi connectivity index (χ4v) is 4.29. The highest BCUT2D eigenvalue weighted by atomic mass is 16.3. The summed E-state index contributed by atoms with van der Waals surface area (Å²) in [6.07, 6.45) is 2.31. The van der Waals surface area contributed by atoms with Gasteiger partial charge in [-0.05, 0) is 49.2 Å². The van der Waals surface area contributed by atoms with Gasteiger partial charge in [-0.2, -0.15) is 0 Å². The fourth-order valence-electron chi connectivity index (χ4n) is 4.29. The van der Waals surface area contributed by atoms with Gasteiger partial charge < -0.3 is 4.42 Å². The van der Waals surface area contributed by atoms with E-state index in [1.54, 1.807) is 0 Å². The summed E-state index contributed by atoms with van der Waals surface area (Å²) < 4.78 is 6.41. The zero-order valence-electron chi connectivity index (χ0n) is 18.3. The van der Waals surface area contributed by atoms with Gasteiger partial charge in [-0.1, -0.05) is 24.3 Å². The Hall–Kier alpha value is -3.34. The molecule has 0 aliphatic carbocycles. The molecule has 158 valence electrons. The number of hydrogen-bond acceptors (Lipinski definition) is 3. The van der Waals surface area contributed by atoms with Gasteiger partial charge in [0.2, 0.25) is 0 Å². The van der Waals surface area contributed by atoms with E-state index in [1.807, 2.05) is 0 Å². The Morgan fingerprint density at radius 1 is 0.613 bits per heavy atom. The number of benzene rings is 2. The molecule has 2 aliphatic rings. The summed E-state index contributed by atoms with van der Waals surface area (Å²) in [5.74, 6) is 4.13. The van der Waals surface area contributed by atoms with Crippen molar-refractivity contribution in [2.45, 2.75) is 26.7 Å². The van der Waals surface area contributed by atoms with Crippen LogP contribution in [0.15, 0.2) is 52.9 Å². The lowest BCUT2D eigenvalue weighted by Gasteiger charge is -2.09. The number of hydrogen-bond donors (Lipinski definition) is 4. The molecule has 0 bridgehead atoms. The molecule has 0 unspecified atom stereocenters. The summed E-state index contributed by atoms with van der Waals surface area (Å²) >= 11 is 0. The van der Waals surface area contributed by atoms with Crippen LogP contribution < -0.4 is 20.6 Å². The summed E-state index contributed by atoms with van der Waals surface area (Å²) in [5, 5.41) is 6.88. The Morgan fingerprint density at radius 2 is 1.00 bits per heavy atom. The van der Waals surface area contributed by atoms with Crippen molar-refractivity contribution >= 4 is 11.7 Å². The summed E-state index contributed by atoms with van der Waals surface area (Å²) in [6.45, 7) is 8.37. The smallest absolute Gasteiger partial charge is 0.274 e. The molecule has 3 heterocycles. The average molecular weight is 415 g/mol. The fraction of sp³-hybridized carbons (Fsp3) is 0.308. The third kappa shape index (κ3) is 3.88. The first-order valence-electron chi connectivity index (χ1n) is 11.2. The third-order valence-corrected chi connectivity index (χ3v) is 6.23. The average Bonchev–Trinajstić information content (AvgIpc) is 3.15. The standard InChI is InChI=1S/C26H28N4O/c1-17-18(2)24(20-7-11-22(12-8-20)26-29-15-4-16-30-26)31-23(17)19-5-9-21(10-6-19)25-27-13-3-14-28-25/h5-12H,3-4,13-16H2,1-2H3,(H,27,28)(H,29,30)/p+2. The van der Waals surface area contributed by atoms with Gasteiger partial charge in [0, 0.05) is 24.0 Å². The Labute approximate surface area is 183 Å². The van der Waals surface area contributed by atoms with Crippen LogP contribution in [0.1, 0.15) is 35.1 Å². The third-order valence-electron chi connectivity index (χ3n) is 6.23. The maximum absolute atomic E-state index is 6.41. The van der Waals surface area contributed by atoms with Crippen LogP contribution in [0, 0.1) is 13.8 Å². The van der Waals surface area contributed by atoms with Gasteiger partial charge in [0.05, 0.1) is 37.3 Å². The van der Waals surface area contributed by atoms with Crippen molar-refractivity contribution in [1.82, 2.24) is 10.6 Å². The quantitative estimate of drug-likeness (QED) is 0.512. The molecular weight excluding hydrogens is 384 g/mol. The van der Waals surface area contributed by atoms with Crippen LogP contribution in [0.4, 0.5) is 0 Å². The lowest BCUT2D eigenvalue weighted by molar-refractivity contribution is -0.463. The Balaban J connectivity index is 1.42. The predicted molar refractivity (Wildman–Crippen MR) is 124 cm³/mol. The molecule has 0 fully saturated rings. The maximum Gasteiger partial charge on any atom is 0.274 e. The minimum Gasteiger partial charge on any atom is -0.456 e. The van der Waals surface area contributed by atoms with E-state index in [9.17, 15) is 0 Å². The molecule has 5 rings (SSSR count). The van der Waals surface area contributed by atoms with Crippen molar-refractivity contribution in [2.24, 2.45) is 0 Å². The van der Waals surface area contributed by atoms with Crippen molar-refractivity contribution in [3.05, 3.63) is 70.8 Å². The summed E-state index contributed by atoms with van der Waals surface area (Å²) in [7, 11) is 0. The molecular formula is C26H30N4O+2. The lowest BCUT2D eigenvalue weighted by Crippen LogP contribution is -2.79. The molecule has 4 N–H and O–H groups in total. The molecule has 5 heteroatoms. The Kier molecular flexibility index (Phi) is 5.33. The number of rotatable bonds is 4. The molecule has 0 spiro atoms. The zero-order chi connectivity index (χ0) is 21.2. The molecule has 0 amide bonds. The molecule has 0 radical (unpaired) electrons. The van der Waals surface area contributed by atoms with E-state index in [0.717, 1.165) is 73.3 Å². The van der Waals surface area contributed by atoms with Gasteiger partial charge in [0.15, 0.2) is 0 Å². The van der Waals surface area contributed by atoms with Crippen molar-refractivity contribution in [3.8, 4) is 22.6 Å². The summed E-state index contributed by atoms with van der Waals surface area (Å²) in [6, 6.07) is 17.2. The molecule has 2 aromatic carbocycles. The highest BCUT2D eigenvalue weighted by Crippen LogP contribution is 2.36. The highest BCUT2D eigenvalue weighted by molar-refractivity contribution is 5.95. The normalized spacial score (nSPS) is 16.2. The number of nitrogens with one attached hydrogen (secondary N) is 4. The van der Waals surface area contributed by atoms with Crippen LogP contribution in [-0.2, 0) is 0 Å². The molecule has 2 aliphatic heterocycles. The van der Waals surface area contributed by atoms with Crippen LogP contribution in [0.5, 0.6) is 0 Å². The second-order valence-corrected chi connectivity index (χ2v) is 8.33. The predicted octanol–water partition coefficient (Wildman–Crippen LogP) is 0.871. The number of furan rings is 1. The summed E-state index contributed by atoms with van der Waals surface area (Å²) in [5.41, 5.74) is 6.96. The van der Waals surface area contributed by atoms with Crippen LogP contribution in [0.2, 0.25) is 0 Å². The van der Waals surface area contributed by atoms with E-state index in [2.05, 4.69) is 83.0 Å². The van der Waals surface area contributed by atoms with E-state index >= 15 is 0 Å². The minimum absolute atomic E-state index is 0.947. The second kappa shape index (κ2) is 8.42. The van der Waals surface area contributed by atoms with Crippen LogP contribution >= 0.6 is 0 Å². The SMILES string of the molecule is Cc1c(-c2ccc(C3=[NH+]CCCN3)cc2)oc(-c2ccc(C3=[NH+]CCCN3)cc2)c1C. The summed E-state index contributed by atoms with van der Waals surface area (Å²) in [4.78, 5) is 6.88. The van der Waals surface area contributed by atoms with Crippen molar-refractivity contribution < 1.29 is 14.4 Å². The van der Waals surface area contributed by atoms with Crippen molar-refractivity contribution in [2.75, 3.05) is 26.2 Å². The van der Waals surface area contributed by atoms with Crippen LogP contribution in [0.3, 0.4) is 0 Å². The lowest BCUT2D eigenvalue weighted by atomic mass is 10.0. The minimum atomic E-state index is 0.947. The Morgan fingerprint density at radius 3 is 1.35 bits per heavy atom. The van der Waals surface area contributed by atoms with Gasteiger partial charge in [0.25, 0.3) is 11.7 Å². The van der Waals surface area contributed by atoms with E-state index in [1.165, 1.54) is 22.3 Å². The van der Waals surface area contributed by atoms with E-state index in [-0.39, 0.29) is 0 Å². The first kappa shape index (κ1) is 19.6.